The van der Waals surface area contributed by atoms with Gasteiger partial charge in [0.15, 0.2) is 8.32 Å². The fourth-order valence-corrected chi connectivity index (χ4v) is 5.81. The average Bonchev–Trinajstić information content (AvgIpc) is 2.82. The zero-order chi connectivity index (χ0) is 25.5. The molecule has 0 aliphatic rings. The van der Waals surface area contributed by atoms with Gasteiger partial charge in [0.25, 0.3) is 0 Å². The van der Waals surface area contributed by atoms with Gasteiger partial charge in [-0.25, -0.2) is 4.57 Å². The number of hydrogen-bond donors (Lipinski definition) is 0. The highest BCUT2D eigenvalue weighted by atomic mass is 31.2. The van der Waals surface area contributed by atoms with Crippen molar-refractivity contribution in [3.05, 3.63) is 102 Å². The van der Waals surface area contributed by atoms with E-state index >= 15 is 0 Å². The highest BCUT2D eigenvalue weighted by Gasteiger charge is 2.39. The fraction of sp³-hybridized carbons (Fsp3) is 0.357. The molecule has 1 unspecified atom stereocenters. The number of para-hydroxylation sites is 1. The van der Waals surface area contributed by atoms with E-state index in [0.29, 0.717) is 5.75 Å². The molecule has 0 bridgehead atoms. The SMILES string of the molecule is CC(O[Si](C)(C)C(C)(C)C)c1ccccc1OP(=O)(OCc1ccccc1)OCc1ccccc1. The molecule has 35 heavy (non-hydrogen) atoms. The molecular weight excluding hydrogens is 475 g/mol. The van der Waals surface area contributed by atoms with Crippen molar-refractivity contribution in [3.8, 4) is 5.75 Å². The van der Waals surface area contributed by atoms with Crippen molar-refractivity contribution in [1.29, 1.82) is 0 Å². The first-order valence-corrected chi connectivity index (χ1v) is 16.3. The molecule has 0 N–H and O–H groups in total. The predicted octanol–water partition coefficient (Wildman–Crippen LogP) is 8.69. The molecule has 3 aromatic carbocycles. The van der Waals surface area contributed by atoms with E-state index in [2.05, 4.69) is 33.9 Å². The number of phosphoric acid groups is 1. The van der Waals surface area contributed by atoms with Crippen molar-refractivity contribution in [1.82, 2.24) is 0 Å². The Morgan fingerprint density at radius 1 is 0.771 bits per heavy atom. The van der Waals surface area contributed by atoms with Gasteiger partial charge in [0.2, 0.25) is 0 Å². The van der Waals surface area contributed by atoms with Gasteiger partial charge in [-0.05, 0) is 42.2 Å². The summed E-state index contributed by atoms with van der Waals surface area (Å²) >= 11 is 0. The van der Waals surface area contributed by atoms with Gasteiger partial charge in [-0.3, -0.25) is 9.05 Å². The summed E-state index contributed by atoms with van der Waals surface area (Å²) < 4.78 is 38.1. The summed E-state index contributed by atoms with van der Waals surface area (Å²) in [7, 11) is -6.00. The van der Waals surface area contributed by atoms with E-state index in [0.717, 1.165) is 16.7 Å². The molecule has 0 saturated heterocycles. The molecule has 0 aliphatic heterocycles. The monoisotopic (exact) mass is 512 g/mol. The van der Waals surface area contributed by atoms with Crippen LogP contribution in [0.5, 0.6) is 5.75 Å². The average molecular weight is 513 g/mol. The quantitative estimate of drug-likeness (QED) is 0.190. The molecule has 188 valence electrons. The first-order valence-electron chi connectivity index (χ1n) is 11.9. The summed E-state index contributed by atoms with van der Waals surface area (Å²) in [6, 6.07) is 26.6. The van der Waals surface area contributed by atoms with Crippen molar-refractivity contribution >= 4 is 16.1 Å². The Kier molecular flexibility index (Phi) is 9.14. The van der Waals surface area contributed by atoms with Crippen LogP contribution in [0, 0.1) is 0 Å². The van der Waals surface area contributed by atoms with Crippen LogP contribution in [-0.4, -0.2) is 8.32 Å². The van der Waals surface area contributed by atoms with Gasteiger partial charge < -0.3 is 8.95 Å². The minimum atomic E-state index is -3.97. The maximum atomic E-state index is 13.8. The van der Waals surface area contributed by atoms with E-state index in [9.17, 15) is 4.57 Å². The highest BCUT2D eigenvalue weighted by molar-refractivity contribution is 7.48. The van der Waals surface area contributed by atoms with Crippen LogP contribution in [0.4, 0.5) is 0 Å². The van der Waals surface area contributed by atoms with Gasteiger partial charge in [0.1, 0.15) is 5.75 Å². The molecule has 0 aliphatic carbocycles. The van der Waals surface area contributed by atoms with Crippen LogP contribution >= 0.6 is 7.82 Å². The van der Waals surface area contributed by atoms with Crippen molar-refractivity contribution < 1.29 is 22.6 Å². The highest BCUT2D eigenvalue weighted by Crippen LogP contribution is 2.52. The van der Waals surface area contributed by atoms with E-state index in [4.69, 9.17) is 18.0 Å². The molecule has 0 aromatic heterocycles. The van der Waals surface area contributed by atoms with Crippen molar-refractivity contribution in [2.75, 3.05) is 0 Å². The summed E-state index contributed by atoms with van der Waals surface area (Å²) in [4.78, 5) is 0. The molecule has 0 radical (unpaired) electrons. The molecule has 0 heterocycles. The molecule has 0 amide bonds. The van der Waals surface area contributed by atoms with E-state index in [-0.39, 0.29) is 24.4 Å². The second-order valence-corrected chi connectivity index (χ2v) is 16.5. The first-order chi connectivity index (χ1) is 16.5. The largest absolute Gasteiger partial charge is 0.530 e. The Morgan fingerprint density at radius 2 is 1.23 bits per heavy atom. The molecule has 3 rings (SSSR count). The van der Waals surface area contributed by atoms with Gasteiger partial charge in [-0.1, -0.05) is 99.6 Å². The Hall–Kier alpha value is -2.21. The number of benzene rings is 3. The fourth-order valence-electron chi connectivity index (χ4n) is 3.25. The van der Waals surface area contributed by atoms with Crippen molar-refractivity contribution in [3.63, 3.8) is 0 Å². The maximum Gasteiger partial charge on any atom is 0.530 e. The summed E-state index contributed by atoms with van der Waals surface area (Å²) in [5.74, 6) is 0.433. The van der Waals surface area contributed by atoms with Crippen LogP contribution in [0.2, 0.25) is 18.1 Å². The Labute approximate surface area is 211 Å². The Morgan fingerprint density at radius 3 is 1.71 bits per heavy atom. The summed E-state index contributed by atoms with van der Waals surface area (Å²) in [5, 5.41) is 0.0595. The van der Waals surface area contributed by atoms with Crippen LogP contribution in [-0.2, 0) is 31.3 Å². The van der Waals surface area contributed by atoms with Crippen LogP contribution in [0.15, 0.2) is 84.9 Å². The molecule has 0 fully saturated rings. The van der Waals surface area contributed by atoms with E-state index in [1.54, 1.807) is 6.07 Å². The lowest BCUT2D eigenvalue weighted by molar-refractivity contribution is 0.141. The third-order valence-electron chi connectivity index (χ3n) is 6.31. The van der Waals surface area contributed by atoms with Gasteiger partial charge in [0, 0.05) is 5.56 Å². The molecule has 5 nitrogen and oxygen atoms in total. The standard InChI is InChI=1S/C28H37O5PSi/c1-23(33-35(5,6)28(2,3)4)26-19-13-14-20-27(26)32-34(29,30-21-24-15-9-7-10-16-24)31-22-25-17-11-8-12-18-25/h7-20,23H,21-22H2,1-6H3. The predicted molar refractivity (Wildman–Crippen MR) is 144 cm³/mol. The van der Waals surface area contributed by atoms with Gasteiger partial charge in [-0.2, -0.15) is 0 Å². The van der Waals surface area contributed by atoms with Crippen LogP contribution in [0.1, 0.15) is 50.5 Å². The Bertz CT molecular complexity index is 1070. The van der Waals surface area contributed by atoms with Crippen LogP contribution < -0.4 is 4.52 Å². The summed E-state index contributed by atoms with van der Waals surface area (Å²) in [6.07, 6.45) is -0.246. The molecule has 3 aromatic rings. The van der Waals surface area contributed by atoms with E-state index < -0.39 is 16.1 Å². The Balaban J connectivity index is 1.84. The summed E-state index contributed by atoms with van der Waals surface area (Å²) in [5.41, 5.74) is 2.56. The molecule has 0 saturated carbocycles. The topological polar surface area (TPSA) is 54.0 Å². The lowest BCUT2D eigenvalue weighted by Crippen LogP contribution is -2.41. The molecular formula is C28H37O5PSi. The lowest BCUT2D eigenvalue weighted by atomic mass is 10.1. The number of hydrogen-bond acceptors (Lipinski definition) is 5. The summed E-state index contributed by atoms with van der Waals surface area (Å²) in [6.45, 7) is 13.2. The number of rotatable bonds is 11. The van der Waals surface area contributed by atoms with Crippen LogP contribution in [0.3, 0.4) is 0 Å². The van der Waals surface area contributed by atoms with Crippen molar-refractivity contribution in [2.24, 2.45) is 0 Å². The first kappa shape index (κ1) is 27.4. The van der Waals surface area contributed by atoms with Gasteiger partial charge in [-0.15, -0.1) is 0 Å². The zero-order valence-electron chi connectivity index (χ0n) is 21.6. The second-order valence-electron chi connectivity index (χ2n) is 10.1. The van der Waals surface area contributed by atoms with Crippen LogP contribution in [0.25, 0.3) is 0 Å². The normalized spacial score (nSPS) is 13.4. The van der Waals surface area contributed by atoms with Gasteiger partial charge >= 0.3 is 7.82 Å². The maximum absolute atomic E-state index is 13.8. The van der Waals surface area contributed by atoms with E-state index in [1.807, 2.05) is 85.8 Å². The van der Waals surface area contributed by atoms with Gasteiger partial charge in [0.05, 0.1) is 19.3 Å². The smallest absolute Gasteiger partial charge is 0.410 e. The zero-order valence-corrected chi connectivity index (χ0v) is 23.5. The minimum absolute atomic E-state index is 0.0595. The molecule has 0 spiro atoms. The molecule has 1 atom stereocenters. The van der Waals surface area contributed by atoms with E-state index in [1.165, 1.54) is 0 Å². The second kappa shape index (κ2) is 11.7. The molecule has 7 heteroatoms. The minimum Gasteiger partial charge on any atom is -0.410 e. The van der Waals surface area contributed by atoms with Crippen molar-refractivity contribution in [2.45, 2.75) is 65.1 Å². The lowest BCUT2D eigenvalue weighted by Gasteiger charge is -2.38. The third-order valence-corrected chi connectivity index (χ3v) is 12.2. The number of phosphoric ester groups is 1. The third kappa shape index (κ3) is 7.89.